The number of aliphatic carboxylic acids is 2. The summed E-state index contributed by atoms with van der Waals surface area (Å²) < 4.78 is 0. The predicted octanol–water partition coefficient (Wildman–Crippen LogP) is 5.06. The van der Waals surface area contributed by atoms with Crippen LogP contribution in [0, 0.1) is 0 Å². The molecule has 0 atom stereocenters. The molecule has 6 nitrogen and oxygen atoms in total. The van der Waals surface area contributed by atoms with E-state index in [9.17, 15) is 19.8 Å². The number of nitrogens with two attached hydrogens (primary N) is 2. The normalized spacial score (nSPS) is 20.6. The average Bonchev–Trinajstić information content (AvgIpc) is 3.00. The number of hydrogen-bond donors (Lipinski definition) is 2. The van der Waals surface area contributed by atoms with Crippen LogP contribution in [0.15, 0.2) is 0 Å². The van der Waals surface area contributed by atoms with Crippen LogP contribution >= 0.6 is 0 Å². The predicted molar refractivity (Wildman–Crippen MR) is 170 cm³/mol. The molecule has 4 rings (SSSR count). The highest BCUT2D eigenvalue weighted by Gasteiger charge is 2.23. The Morgan fingerprint density at radius 1 is 0.452 bits per heavy atom. The molecule has 4 aliphatic rings. The van der Waals surface area contributed by atoms with Gasteiger partial charge in [-0.2, -0.15) is 0 Å². The minimum Gasteiger partial charge on any atom is -0.550 e. The monoisotopic (exact) mass is 595 g/mol. The SMILES string of the molecule is C1CCC([NH2+]C2CCCCC2)CC1.C1CCC([NH2+]C2CCCCC2)CC1.CCCCCC(=O)[O-].CCCCCC(=O)[O-]. The molecule has 0 aromatic rings. The van der Waals surface area contributed by atoms with Crippen LogP contribution in [0.2, 0.25) is 0 Å². The summed E-state index contributed by atoms with van der Waals surface area (Å²) in [5, 5.41) is 25.0. The van der Waals surface area contributed by atoms with E-state index in [4.69, 9.17) is 0 Å². The number of unbranched alkanes of at least 4 members (excludes halogenated alkanes) is 4. The highest BCUT2D eigenvalue weighted by molar-refractivity contribution is 5.64. The Morgan fingerprint density at radius 2 is 0.690 bits per heavy atom. The first-order chi connectivity index (χ1) is 20.4. The maximum atomic E-state index is 9.76. The first-order valence-corrected chi connectivity index (χ1v) is 18.5. The quantitative estimate of drug-likeness (QED) is 0.307. The van der Waals surface area contributed by atoms with E-state index in [-0.39, 0.29) is 12.8 Å². The van der Waals surface area contributed by atoms with Gasteiger partial charge in [-0.05, 0) is 128 Å². The molecule has 42 heavy (non-hydrogen) atoms. The third-order valence-electron chi connectivity index (χ3n) is 9.66. The molecule has 0 saturated heterocycles. The average molecular weight is 595 g/mol. The molecule has 0 amide bonds. The second kappa shape index (κ2) is 27.4. The van der Waals surface area contributed by atoms with Crippen LogP contribution in [0.25, 0.3) is 0 Å². The van der Waals surface area contributed by atoms with Gasteiger partial charge < -0.3 is 30.4 Å². The van der Waals surface area contributed by atoms with Gasteiger partial charge in [-0.3, -0.25) is 0 Å². The van der Waals surface area contributed by atoms with Crippen LogP contribution in [0.5, 0.6) is 0 Å². The first kappa shape index (κ1) is 38.9. The Kier molecular flexibility index (Phi) is 25.4. The van der Waals surface area contributed by atoms with Gasteiger partial charge in [0.15, 0.2) is 0 Å². The summed E-state index contributed by atoms with van der Waals surface area (Å²) in [5.74, 6) is -1.86. The molecular formula is C36H70N2O4. The molecule has 6 heteroatoms. The van der Waals surface area contributed by atoms with Crippen molar-refractivity contribution in [3.05, 3.63) is 0 Å². The lowest BCUT2D eigenvalue weighted by Crippen LogP contribution is -2.95. The zero-order valence-electron chi connectivity index (χ0n) is 27.9. The van der Waals surface area contributed by atoms with Gasteiger partial charge in [-0.25, -0.2) is 0 Å². The van der Waals surface area contributed by atoms with Gasteiger partial charge in [-0.15, -0.1) is 0 Å². The summed E-state index contributed by atoms with van der Waals surface area (Å²) in [7, 11) is 0. The first-order valence-electron chi connectivity index (χ1n) is 18.5. The highest BCUT2D eigenvalue weighted by Crippen LogP contribution is 2.19. The molecule has 0 aromatic carbocycles. The topological polar surface area (TPSA) is 113 Å². The van der Waals surface area contributed by atoms with Crippen molar-refractivity contribution in [2.45, 2.75) is 218 Å². The number of rotatable bonds is 12. The fraction of sp³-hybridized carbons (Fsp3) is 0.944. The Morgan fingerprint density at radius 3 is 0.881 bits per heavy atom. The van der Waals surface area contributed by atoms with Crippen molar-refractivity contribution < 1.29 is 30.4 Å². The minimum atomic E-state index is -0.932. The van der Waals surface area contributed by atoms with Gasteiger partial charge in [-0.1, -0.05) is 65.2 Å². The molecular weight excluding hydrogens is 524 g/mol. The summed E-state index contributed by atoms with van der Waals surface area (Å²) in [6.45, 7) is 4.07. The van der Waals surface area contributed by atoms with Crippen molar-refractivity contribution in [2.75, 3.05) is 0 Å². The lowest BCUT2D eigenvalue weighted by atomic mass is 9.91. The van der Waals surface area contributed by atoms with Crippen molar-refractivity contribution in [3.63, 3.8) is 0 Å². The molecule has 0 radical (unpaired) electrons. The second-order valence-electron chi connectivity index (χ2n) is 13.6. The Bertz CT molecular complexity index is 534. The van der Waals surface area contributed by atoms with Crippen LogP contribution in [-0.2, 0) is 9.59 Å². The van der Waals surface area contributed by atoms with Gasteiger partial charge in [0.25, 0.3) is 0 Å². The summed E-state index contributed by atoms with van der Waals surface area (Å²) >= 11 is 0. The zero-order valence-corrected chi connectivity index (χ0v) is 27.9. The van der Waals surface area contributed by atoms with Gasteiger partial charge in [0.05, 0.1) is 24.2 Å². The van der Waals surface area contributed by atoms with E-state index in [0.29, 0.717) is 0 Å². The highest BCUT2D eigenvalue weighted by atomic mass is 16.4. The van der Waals surface area contributed by atoms with E-state index < -0.39 is 11.9 Å². The standard InChI is InChI=1S/2C12H23N.2C6H12O2/c2*1-3-7-11(8-4-1)13-12-9-5-2-6-10-12;2*1-2-3-4-5-6(7)8/h2*11-13H,1-10H2;2*2-5H2,1H3,(H,7,8). The Balaban J connectivity index is 0.000000289. The van der Waals surface area contributed by atoms with Gasteiger partial charge in [0, 0.05) is 11.9 Å². The van der Waals surface area contributed by atoms with Crippen LogP contribution in [-0.4, -0.2) is 36.1 Å². The van der Waals surface area contributed by atoms with Crippen LogP contribution < -0.4 is 20.8 Å². The van der Waals surface area contributed by atoms with E-state index in [2.05, 4.69) is 10.6 Å². The summed E-state index contributed by atoms with van der Waals surface area (Å²) in [6, 6.07) is 3.99. The lowest BCUT2D eigenvalue weighted by Gasteiger charge is -2.27. The number of carbonyl (C=O) groups is 2. The molecule has 0 aromatic heterocycles. The fourth-order valence-corrected chi connectivity index (χ4v) is 7.11. The van der Waals surface area contributed by atoms with E-state index in [1.54, 1.807) is 0 Å². The van der Waals surface area contributed by atoms with Crippen LogP contribution in [0.4, 0.5) is 0 Å². The van der Waals surface area contributed by atoms with Crippen molar-refractivity contribution in [1.29, 1.82) is 0 Å². The summed E-state index contributed by atoms with van der Waals surface area (Å²) in [6.07, 6.45) is 36.0. The van der Waals surface area contributed by atoms with E-state index in [1.807, 2.05) is 13.8 Å². The van der Waals surface area contributed by atoms with Crippen LogP contribution in [0.3, 0.4) is 0 Å². The molecule has 4 N–H and O–H groups in total. The number of carbonyl (C=O) groups excluding carboxylic acids is 2. The Hall–Kier alpha value is -1.14. The van der Waals surface area contributed by atoms with Crippen molar-refractivity contribution in [2.24, 2.45) is 0 Å². The summed E-state index contributed by atoms with van der Waals surface area (Å²) in [4.78, 5) is 19.5. The number of carboxylic acids is 2. The van der Waals surface area contributed by atoms with Crippen molar-refractivity contribution >= 4 is 11.9 Å². The fourth-order valence-electron chi connectivity index (χ4n) is 7.11. The van der Waals surface area contributed by atoms with Crippen LogP contribution in [0.1, 0.15) is 194 Å². The largest absolute Gasteiger partial charge is 0.550 e. The molecule has 0 aliphatic heterocycles. The van der Waals surface area contributed by atoms with Gasteiger partial charge >= 0.3 is 0 Å². The van der Waals surface area contributed by atoms with E-state index >= 15 is 0 Å². The van der Waals surface area contributed by atoms with Crippen molar-refractivity contribution in [3.8, 4) is 0 Å². The lowest BCUT2D eigenvalue weighted by molar-refractivity contribution is -0.726. The maximum Gasteiger partial charge on any atom is 0.0861 e. The molecule has 4 saturated carbocycles. The second-order valence-corrected chi connectivity index (χ2v) is 13.6. The smallest absolute Gasteiger partial charge is 0.0861 e. The zero-order chi connectivity index (χ0) is 30.7. The molecule has 248 valence electrons. The molecule has 0 unspecified atom stereocenters. The molecule has 0 bridgehead atoms. The van der Waals surface area contributed by atoms with Gasteiger partial charge in [0.1, 0.15) is 0 Å². The molecule has 0 heterocycles. The maximum absolute atomic E-state index is 9.76. The number of quaternary nitrogens is 2. The van der Waals surface area contributed by atoms with E-state index in [1.165, 1.54) is 128 Å². The molecule has 4 aliphatic carbocycles. The summed E-state index contributed by atoms with van der Waals surface area (Å²) in [5.41, 5.74) is 0. The number of carboxylic acid groups (broad SMARTS) is 2. The van der Waals surface area contributed by atoms with E-state index in [0.717, 1.165) is 62.7 Å². The minimum absolute atomic E-state index is 0.216. The third-order valence-corrected chi connectivity index (χ3v) is 9.66. The van der Waals surface area contributed by atoms with Crippen molar-refractivity contribution in [1.82, 2.24) is 0 Å². The molecule has 4 fully saturated rings. The third kappa shape index (κ3) is 23.3. The van der Waals surface area contributed by atoms with Gasteiger partial charge in [0.2, 0.25) is 0 Å². The molecule has 0 spiro atoms. The Labute approximate surface area is 260 Å². The number of hydrogen-bond acceptors (Lipinski definition) is 4.